The van der Waals surface area contributed by atoms with E-state index in [9.17, 15) is 9.36 Å². The van der Waals surface area contributed by atoms with Crippen molar-refractivity contribution in [3.05, 3.63) is 66.2 Å². The zero-order valence-corrected chi connectivity index (χ0v) is 15.9. The second kappa shape index (κ2) is 10.1. The molecule has 0 aromatic heterocycles. The average molecular weight is 377 g/mol. The molecule has 6 nitrogen and oxygen atoms in total. The highest BCUT2D eigenvalue weighted by Gasteiger charge is 2.30. The molecule has 2 rings (SSSR count). The quantitative estimate of drug-likeness (QED) is 0.499. The maximum atomic E-state index is 13.2. The number of hydrogen-bond donors (Lipinski definition) is 1. The molecule has 2 aromatic carbocycles. The molecule has 1 N–H and O–H groups in total. The molecule has 0 unspecified atom stereocenters. The summed E-state index contributed by atoms with van der Waals surface area (Å²) in [6.07, 6.45) is -0.180. The fraction of sp³-hybridized carbons (Fsp3) is 0.316. The molecular formula is C19H24NO5P. The van der Waals surface area contributed by atoms with Gasteiger partial charge in [0.1, 0.15) is 18.1 Å². The third-order valence-electron chi connectivity index (χ3n) is 3.40. The molecule has 0 aliphatic carbocycles. The predicted octanol–water partition coefficient (Wildman–Crippen LogP) is 3.97. The molecule has 0 aliphatic rings. The van der Waals surface area contributed by atoms with E-state index in [1.807, 2.05) is 36.4 Å². The Morgan fingerprint density at radius 1 is 1.08 bits per heavy atom. The summed E-state index contributed by atoms with van der Waals surface area (Å²) in [5.74, 6) is -0.0600. The van der Waals surface area contributed by atoms with Crippen molar-refractivity contribution >= 4 is 13.5 Å². The van der Waals surface area contributed by atoms with Crippen LogP contribution in [0.2, 0.25) is 0 Å². The van der Waals surface area contributed by atoms with Crippen molar-refractivity contribution in [2.75, 3.05) is 13.0 Å². The highest BCUT2D eigenvalue weighted by atomic mass is 31.2. The lowest BCUT2D eigenvalue weighted by Crippen LogP contribution is -2.35. The molecule has 140 valence electrons. The second-order valence-corrected chi connectivity index (χ2v) is 7.69. The molecule has 7 heteroatoms. The number of hydrogen-bond acceptors (Lipinski definition) is 5. The lowest BCUT2D eigenvalue weighted by Gasteiger charge is -2.23. The van der Waals surface area contributed by atoms with Crippen LogP contribution >= 0.6 is 7.52 Å². The number of ether oxygens (including phenoxy) is 2. The number of nitrogens with one attached hydrogen (secondary N) is 1. The Kier molecular flexibility index (Phi) is 7.85. The van der Waals surface area contributed by atoms with Gasteiger partial charge in [-0.2, -0.15) is 0 Å². The van der Waals surface area contributed by atoms with Gasteiger partial charge in [-0.05, 0) is 31.5 Å². The Hall–Kier alpha value is -2.14. The Morgan fingerprint density at radius 3 is 2.31 bits per heavy atom. The summed E-state index contributed by atoms with van der Waals surface area (Å²) >= 11 is 0. The van der Waals surface area contributed by atoms with Gasteiger partial charge in [0.05, 0.1) is 13.2 Å². The SMILES string of the molecule is CCOC(=O)[C@H](C)N[P@@](=O)(COCc1ccccc1)Oc1ccccc1. The molecule has 2 aromatic rings. The van der Waals surface area contributed by atoms with Crippen LogP contribution in [0.3, 0.4) is 0 Å². The van der Waals surface area contributed by atoms with Crippen molar-refractivity contribution in [2.45, 2.75) is 26.5 Å². The van der Waals surface area contributed by atoms with Crippen molar-refractivity contribution in [1.82, 2.24) is 5.09 Å². The molecule has 0 amide bonds. The van der Waals surface area contributed by atoms with E-state index in [0.717, 1.165) is 5.56 Å². The molecule has 0 saturated heterocycles. The minimum absolute atomic E-state index is 0.180. The van der Waals surface area contributed by atoms with Gasteiger partial charge in [-0.1, -0.05) is 48.5 Å². The zero-order chi connectivity index (χ0) is 18.8. The first-order chi connectivity index (χ1) is 12.5. The Morgan fingerprint density at radius 2 is 1.69 bits per heavy atom. The number of carbonyl (C=O) groups excluding carboxylic acids is 1. The smallest absolute Gasteiger partial charge is 0.342 e. The summed E-state index contributed by atoms with van der Waals surface area (Å²) in [4.78, 5) is 11.9. The highest BCUT2D eigenvalue weighted by molar-refractivity contribution is 7.57. The van der Waals surface area contributed by atoms with Crippen LogP contribution in [0.1, 0.15) is 19.4 Å². The molecule has 2 atom stereocenters. The van der Waals surface area contributed by atoms with E-state index in [1.54, 1.807) is 38.1 Å². The summed E-state index contributed by atoms with van der Waals surface area (Å²) in [6.45, 7) is 3.83. The molecular weight excluding hydrogens is 353 g/mol. The van der Waals surface area contributed by atoms with Gasteiger partial charge in [0.25, 0.3) is 0 Å². The summed E-state index contributed by atoms with van der Waals surface area (Å²) in [7, 11) is -3.48. The normalized spacial score (nSPS) is 14.2. The number of rotatable bonds is 10. The fourth-order valence-corrected chi connectivity index (χ4v) is 3.88. The standard InChI is InChI=1S/C19H24NO5P/c1-3-24-19(21)16(2)20-26(22,25-18-12-8-5-9-13-18)15-23-14-17-10-6-4-7-11-17/h4-13,16H,3,14-15H2,1-2H3,(H,20,22)/t16-,26+/m0/s1. The Balaban J connectivity index is 2.04. The average Bonchev–Trinajstić information content (AvgIpc) is 2.63. The lowest BCUT2D eigenvalue weighted by molar-refractivity contribution is -0.144. The largest absolute Gasteiger partial charge is 0.465 e. The molecule has 26 heavy (non-hydrogen) atoms. The predicted molar refractivity (Wildman–Crippen MR) is 100 cm³/mol. The lowest BCUT2D eigenvalue weighted by atomic mass is 10.2. The van der Waals surface area contributed by atoms with Crippen LogP contribution in [0.5, 0.6) is 5.75 Å². The van der Waals surface area contributed by atoms with Gasteiger partial charge in [-0.3, -0.25) is 9.36 Å². The van der Waals surface area contributed by atoms with Crippen LogP contribution in [0.4, 0.5) is 0 Å². The van der Waals surface area contributed by atoms with Gasteiger partial charge in [0.2, 0.25) is 0 Å². The van der Waals surface area contributed by atoms with E-state index in [2.05, 4.69) is 5.09 Å². The van der Waals surface area contributed by atoms with Gasteiger partial charge in [-0.25, -0.2) is 5.09 Å². The van der Waals surface area contributed by atoms with Crippen molar-refractivity contribution < 1.29 is 23.4 Å². The maximum absolute atomic E-state index is 13.2. The molecule has 0 spiro atoms. The molecule has 0 saturated carbocycles. The summed E-state index contributed by atoms with van der Waals surface area (Å²) < 4.78 is 29.4. The van der Waals surface area contributed by atoms with E-state index in [4.69, 9.17) is 14.0 Å². The first-order valence-electron chi connectivity index (χ1n) is 8.42. The van der Waals surface area contributed by atoms with Gasteiger partial charge < -0.3 is 14.0 Å². The van der Waals surface area contributed by atoms with Gasteiger partial charge in [0, 0.05) is 0 Å². The number of carbonyl (C=O) groups is 1. The van der Waals surface area contributed by atoms with Gasteiger partial charge in [-0.15, -0.1) is 0 Å². The van der Waals surface area contributed by atoms with Crippen molar-refractivity contribution in [1.29, 1.82) is 0 Å². The van der Waals surface area contributed by atoms with Crippen molar-refractivity contribution in [2.24, 2.45) is 0 Å². The number of para-hydroxylation sites is 1. The number of benzene rings is 2. The number of esters is 1. The maximum Gasteiger partial charge on any atom is 0.342 e. The van der Waals surface area contributed by atoms with E-state index in [0.29, 0.717) is 12.4 Å². The Labute approximate surface area is 154 Å². The first kappa shape index (κ1) is 20.2. The molecule has 0 bridgehead atoms. The molecule has 0 radical (unpaired) electrons. The first-order valence-corrected chi connectivity index (χ1v) is 10.2. The molecule has 0 fully saturated rings. The van der Waals surface area contributed by atoms with Crippen LogP contribution in [0.15, 0.2) is 60.7 Å². The Bertz CT molecular complexity index is 723. The summed E-state index contributed by atoms with van der Waals surface area (Å²) in [5, 5.41) is 2.75. The van der Waals surface area contributed by atoms with Crippen LogP contribution in [-0.2, 0) is 25.4 Å². The van der Waals surface area contributed by atoms with Crippen molar-refractivity contribution in [3.63, 3.8) is 0 Å². The van der Waals surface area contributed by atoms with Gasteiger partial charge in [0.15, 0.2) is 0 Å². The van der Waals surface area contributed by atoms with E-state index >= 15 is 0 Å². The minimum atomic E-state index is -3.48. The van der Waals surface area contributed by atoms with E-state index in [-0.39, 0.29) is 13.0 Å². The van der Waals surface area contributed by atoms with Gasteiger partial charge >= 0.3 is 13.5 Å². The second-order valence-electron chi connectivity index (χ2n) is 5.64. The third kappa shape index (κ3) is 6.64. The monoisotopic (exact) mass is 377 g/mol. The zero-order valence-electron chi connectivity index (χ0n) is 15.0. The van der Waals surface area contributed by atoms with Crippen molar-refractivity contribution in [3.8, 4) is 5.75 Å². The van der Waals surface area contributed by atoms with Crippen LogP contribution < -0.4 is 9.61 Å². The molecule has 0 aliphatic heterocycles. The van der Waals surface area contributed by atoms with E-state index in [1.165, 1.54) is 0 Å². The molecule has 0 heterocycles. The van der Waals surface area contributed by atoms with E-state index < -0.39 is 19.5 Å². The fourth-order valence-electron chi connectivity index (χ4n) is 2.21. The minimum Gasteiger partial charge on any atom is -0.465 e. The highest BCUT2D eigenvalue weighted by Crippen LogP contribution is 2.43. The summed E-state index contributed by atoms with van der Waals surface area (Å²) in [5.41, 5.74) is 0.956. The van der Waals surface area contributed by atoms with Crippen LogP contribution in [0.25, 0.3) is 0 Å². The third-order valence-corrected chi connectivity index (χ3v) is 5.21. The topological polar surface area (TPSA) is 73.9 Å². The van der Waals surface area contributed by atoms with Crippen LogP contribution in [0, 0.1) is 0 Å². The summed E-state index contributed by atoms with van der Waals surface area (Å²) in [6, 6.07) is 17.5. The van der Waals surface area contributed by atoms with Crippen LogP contribution in [-0.4, -0.2) is 25.0 Å².